The third-order valence-electron chi connectivity index (χ3n) is 5.71. The van der Waals surface area contributed by atoms with Crippen molar-refractivity contribution < 1.29 is 4.79 Å². The Hall–Kier alpha value is -1.95. The number of hydrogen-bond acceptors (Lipinski definition) is 4. The summed E-state index contributed by atoms with van der Waals surface area (Å²) >= 11 is 0. The molecule has 2 aliphatic rings. The first kappa shape index (κ1) is 17.5. The number of carbonyl (C=O) groups is 1. The van der Waals surface area contributed by atoms with E-state index in [9.17, 15) is 4.79 Å². The molecule has 1 unspecified atom stereocenters. The topological polar surface area (TPSA) is 53.7 Å². The van der Waals surface area contributed by atoms with E-state index < -0.39 is 0 Å². The Morgan fingerprint density at radius 3 is 2.81 bits per heavy atom. The Kier molecular flexibility index (Phi) is 4.69. The average Bonchev–Trinajstić information content (AvgIpc) is 3.37. The van der Waals surface area contributed by atoms with Crippen LogP contribution in [0.5, 0.6) is 0 Å². The number of rotatable bonds is 4. The van der Waals surface area contributed by atoms with Crippen LogP contribution in [0.25, 0.3) is 5.65 Å². The van der Waals surface area contributed by atoms with E-state index >= 15 is 0 Å². The number of nitrogens with zero attached hydrogens (tertiary/aromatic N) is 5. The van der Waals surface area contributed by atoms with Crippen LogP contribution in [-0.4, -0.2) is 62.5 Å². The highest BCUT2D eigenvalue weighted by Gasteiger charge is 2.34. The van der Waals surface area contributed by atoms with Gasteiger partial charge < -0.3 is 4.90 Å². The number of fused-ring (bicyclic) bond motifs is 1. The molecule has 26 heavy (non-hydrogen) atoms. The molecule has 1 saturated heterocycles. The molecule has 0 N–H and O–H groups in total. The molecule has 2 fully saturated rings. The van der Waals surface area contributed by atoms with Gasteiger partial charge in [-0.3, -0.25) is 9.69 Å². The molecule has 0 spiro atoms. The van der Waals surface area contributed by atoms with Crippen molar-refractivity contribution >= 4 is 11.6 Å². The second kappa shape index (κ2) is 6.99. The SMILES string of the molecule is Cc1cnc2c(C(=O)N3CCCN(CC4CC4)C(C(C)C)C3)cnn2c1. The average molecular weight is 355 g/mol. The molecule has 1 aliphatic heterocycles. The van der Waals surface area contributed by atoms with Gasteiger partial charge in [0.15, 0.2) is 5.65 Å². The smallest absolute Gasteiger partial charge is 0.259 e. The molecule has 2 aromatic rings. The van der Waals surface area contributed by atoms with Crippen LogP contribution in [0.3, 0.4) is 0 Å². The van der Waals surface area contributed by atoms with Crippen molar-refractivity contribution in [3.05, 3.63) is 29.7 Å². The number of amides is 1. The lowest BCUT2D eigenvalue weighted by Gasteiger charge is -2.34. The van der Waals surface area contributed by atoms with Crippen LogP contribution in [0.4, 0.5) is 0 Å². The summed E-state index contributed by atoms with van der Waals surface area (Å²) in [5.74, 6) is 1.48. The lowest BCUT2D eigenvalue weighted by molar-refractivity contribution is 0.0706. The van der Waals surface area contributed by atoms with Gasteiger partial charge >= 0.3 is 0 Å². The molecule has 4 rings (SSSR count). The second-order valence-corrected chi connectivity index (χ2v) is 8.31. The van der Waals surface area contributed by atoms with Gasteiger partial charge in [-0.15, -0.1) is 0 Å². The predicted octanol–water partition coefficient (Wildman–Crippen LogP) is 2.62. The zero-order valence-corrected chi connectivity index (χ0v) is 16.1. The van der Waals surface area contributed by atoms with Crippen LogP contribution >= 0.6 is 0 Å². The molecule has 0 aromatic carbocycles. The van der Waals surface area contributed by atoms with Gasteiger partial charge in [0.25, 0.3) is 5.91 Å². The summed E-state index contributed by atoms with van der Waals surface area (Å²) in [6.07, 6.45) is 9.16. The summed E-state index contributed by atoms with van der Waals surface area (Å²) in [6, 6.07) is 0.430. The first-order chi connectivity index (χ1) is 12.5. The predicted molar refractivity (Wildman–Crippen MR) is 101 cm³/mol. The zero-order valence-electron chi connectivity index (χ0n) is 16.1. The summed E-state index contributed by atoms with van der Waals surface area (Å²) in [5, 5.41) is 4.33. The van der Waals surface area contributed by atoms with Crippen molar-refractivity contribution in [2.45, 2.75) is 46.1 Å². The van der Waals surface area contributed by atoms with E-state index in [4.69, 9.17) is 0 Å². The van der Waals surface area contributed by atoms with Crippen molar-refractivity contribution in [2.24, 2.45) is 11.8 Å². The first-order valence-corrected chi connectivity index (χ1v) is 9.86. The highest BCUT2D eigenvalue weighted by Crippen LogP contribution is 2.32. The summed E-state index contributed by atoms with van der Waals surface area (Å²) < 4.78 is 1.71. The van der Waals surface area contributed by atoms with Crippen molar-refractivity contribution in [2.75, 3.05) is 26.2 Å². The van der Waals surface area contributed by atoms with Crippen molar-refractivity contribution in [3.63, 3.8) is 0 Å². The van der Waals surface area contributed by atoms with E-state index in [1.807, 2.05) is 18.0 Å². The van der Waals surface area contributed by atoms with E-state index in [-0.39, 0.29) is 5.91 Å². The highest BCUT2D eigenvalue weighted by atomic mass is 16.2. The number of hydrogen-bond donors (Lipinski definition) is 0. The van der Waals surface area contributed by atoms with Crippen molar-refractivity contribution in [3.8, 4) is 0 Å². The van der Waals surface area contributed by atoms with Gasteiger partial charge in [-0.05, 0) is 43.6 Å². The van der Waals surface area contributed by atoms with Crippen LogP contribution in [0.2, 0.25) is 0 Å². The molecule has 6 nitrogen and oxygen atoms in total. The summed E-state index contributed by atoms with van der Waals surface area (Å²) in [4.78, 5) is 22.3. The lowest BCUT2D eigenvalue weighted by Crippen LogP contribution is -2.46. The molecule has 140 valence electrons. The van der Waals surface area contributed by atoms with Gasteiger partial charge in [-0.1, -0.05) is 13.8 Å². The Balaban J connectivity index is 1.56. The minimum Gasteiger partial charge on any atom is -0.337 e. The quantitative estimate of drug-likeness (QED) is 0.846. The van der Waals surface area contributed by atoms with Crippen molar-refractivity contribution in [1.29, 1.82) is 0 Å². The molecular weight excluding hydrogens is 326 g/mol. The fourth-order valence-corrected chi connectivity index (χ4v) is 4.03. The maximum atomic E-state index is 13.2. The minimum atomic E-state index is 0.0651. The lowest BCUT2D eigenvalue weighted by atomic mass is 10.0. The molecule has 1 amide bonds. The Morgan fingerprint density at radius 2 is 2.08 bits per heavy atom. The summed E-state index contributed by atoms with van der Waals surface area (Å²) in [6.45, 7) is 10.4. The van der Waals surface area contributed by atoms with Gasteiger partial charge in [0.05, 0.1) is 6.20 Å². The normalized spacial score (nSPS) is 22.2. The van der Waals surface area contributed by atoms with Gasteiger partial charge in [0, 0.05) is 44.6 Å². The Morgan fingerprint density at radius 1 is 1.27 bits per heavy atom. The standard InChI is InChI=1S/C20H29N5O/c1-14(2)18-13-24(8-4-7-23(18)12-16-5-6-16)20(26)17-10-22-25-11-15(3)9-21-19(17)25/h9-11,14,16,18H,4-8,12-13H2,1-3H3. The molecule has 0 bridgehead atoms. The second-order valence-electron chi connectivity index (χ2n) is 8.31. The first-order valence-electron chi connectivity index (χ1n) is 9.86. The number of aryl methyl sites for hydroxylation is 1. The van der Waals surface area contributed by atoms with E-state index in [1.165, 1.54) is 19.4 Å². The zero-order chi connectivity index (χ0) is 18.3. The van der Waals surface area contributed by atoms with E-state index in [0.29, 0.717) is 23.2 Å². The Bertz CT molecular complexity index is 795. The molecule has 6 heteroatoms. The molecule has 0 radical (unpaired) electrons. The van der Waals surface area contributed by atoms with E-state index in [0.717, 1.165) is 37.5 Å². The van der Waals surface area contributed by atoms with Crippen LogP contribution in [0.15, 0.2) is 18.6 Å². The maximum Gasteiger partial charge on any atom is 0.259 e. The van der Waals surface area contributed by atoms with Crippen LogP contribution in [0, 0.1) is 18.8 Å². The highest BCUT2D eigenvalue weighted by molar-refractivity contribution is 5.99. The molecular formula is C20H29N5O. The van der Waals surface area contributed by atoms with E-state index in [1.54, 1.807) is 16.9 Å². The molecule has 2 aromatic heterocycles. The molecule has 3 heterocycles. The molecule has 1 aliphatic carbocycles. The number of carbonyl (C=O) groups excluding carboxylic acids is 1. The van der Waals surface area contributed by atoms with Crippen LogP contribution in [-0.2, 0) is 0 Å². The molecule has 1 saturated carbocycles. The van der Waals surface area contributed by atoms with Crippen LogP contribution in [0.1, 0.15) is 49.0 Å². The number of aromatic nitrogens is 3. The third-order valence-corrected chi connectivity index (χ3v) is 5.71. The van der Waals surface area contributed by atoms with Gasteiger partial charge in [-0.25, -0.2) is 9.50 Å². The maximum absolute atomic E-state index is 13.2. The summed E-state index contributed by atoms with van der Waals surface area (Å²) in [7, 11) is 0. The van der Waals surface area contributed by atoms with Crippen LogP contribution < -0.4 is 0 Å². The fraction of sp³-hybridized carbons (Fsp3) is 0.650. The van der Waals surface area contributed by atoms with E-state index in [2.05, 4.69) is 28.8 Å². The third kappa shape index (κ3) is 3.47. The van der Waals surface area contributed by atoms with Gasteiger partial charge in [0.1, 0.15) is 5.56 Å². The monoisotopic (exact) mass is 355 g/mol. The minimum absolute atomic E-state index is 0.0651. The molecule has 1 atom stereocenters. The largest absolute Gasteiger partial charge is 0.337 e. The fourth-order valence-electron chi connectivity index (χ4n) is 4.03. The van der Waals surface area contributed by atoms with Gasteiger partial charge in [0.2, 0.25) is 0 Å². The summed E-state index contributed by atoms with van der Waals surface area (Å²) in [5.41, 5.74) is 2.30. The Labute approximate surface area is 155 Å². The van der Waals surface area contributed by atoms with Gasteiger partial charge in [-0.2, -0.15) is 5.10 Å². The van der Waals surface area contributed by atoms with Crippen molar-refractivity contribution in [1.82, 2.24) is 24.4 Å².